The van der Waals surface area contributed by atoms with Crippen molar-refractivity contribution in [2.24, 2.45) is 0 Å². The van der Waals surface area contributed by atoms with Crippen molar-refractivity contribution in [1.29, 1.82) is 0 Å². The number of benzene rings is 1. The lowest BCUT2D eigenvalue weighted by atomic mass is 9.98. The van der Waals surface area contributed by atoms with Crippen LogP contribution in [0.4, 0.5) is 13.2 Å². The zero-order valence-corrected chi connectivity index (χ0v) is 9.81. The summed E-state index contributed by atoms with van der Waals surface area (Å²) in [6.07, 6.45) is -5.26. The minimum Gasteiger partial charge on any atom is -0.491 e. The van der Waals surface area contributed by atoms with Crippen LogP contribution in [0.2, 0.25) is 0 Å². The molecule has 0 radical (unpaired) electrons. The molecule has 2 unspecified atom stereocenters. The highest BCUT2D eigenvalue weighted by Gasteiger charge is 2.37. The number of aliphatic hydroxyl groups excluding tert-OH is 1. The molecule has 0 spiro atoms. The van der Waals surface area contributed by atoms with Crippen molar-refractivity contribution in [3.05, 3.63) is 29.8 Å². The third-order valence-corrected chi connectivity index (χ3v) is 3.01. The minimum absolute atomic E-state index is 0.0464. The Balaban J connectivity index is 2.14. The van der Waals surface area contributed by atoms with Gasteiger partial charge in [-0.1, -0.05) is 18.2 Å². The molecule has 1 aliphatic heterocycles. The Bertz CT molecular complexity index is 422. The lowest BCUT2D eigenvalue weighted by Gasteiger charge is -2.36. The lowest BCUT2D eigenvalue weighted by molar-refractivity contribution is -0.154. The van der Waals surface area contributed by atoms with Crippen LogP contribution in [0.15, 0.2) is 24.3 Å². The maximum atomic E-state index is 12.3. The smallest absolute Gasteiger partial charge is 0.401 e. The van der Waals surface area contributed by atoms with Gasteiger partial charge in [0.1, 0.15) is 18.5 Å². The number of hydrogen-bond acceptors (Lipinski definition) is 3. The summed E-state index contributed by atoms with van der Waals surface area (Å²) in [6, 6.07) is 6.14. The van der Waals surface area contributed by atoms with E-state index in [0.29, 0.717) is 11.3 Å². The molecule has 2 rings (SSSR count). The van der Waals surface area contributed by atoms with Gasteiger partial charge < -0.3 is 9.84 Å². The molecule has 0 aromatic heterocycles. The van der Waals surface area contributed by atoms with Gasteiger partial charge in [0.05, 0.1) is 12.6 Å². The number of halogens is 3. The highest BCUT2D eigenvalue weighted by molar-refractivity contribution is 5.37. The van der Waals surface area contributed by atoms with Gasteiger partial charge in [0.15, 0.2) is 0 Å². The van der Waals surface area contributed by atoms with Gasteiger partial charge in [-0.3, -0.25) is 4.90 Å². The SMILES string of the molecule is CN(CC(F)(F)F)C1COc2ccccc2C1O. The van der Waals surface area contributed by atoms with Crippen LogP contribution >= 0.6 is 0 Å². The van der Waals surface area contributed by atoms with E-state index in [-0.39, 0.29) is 6.61 Å². The molecule has 0 bridgehead atoms. The van der Waals surface area contributed by atoms with Gasteiger partial charge in [0, 0.05) is 5.56 Å². The molecule has 100 valence electrons. The molecule has 1 aliphatic rings. The van der Waals surface area contributed by atoms with Gasteiger partial charge in [-0.05, 0) is 13.1 Å². The molecular weight excluding hydrogens is 247 g/mol. The largest absolute Gasteiger partial charge is 0.491 e. The maximum absolute atomic E-state index is 12.3. The van der Waals surface area contributed by atoms with Gasteiger partial charge in [0.2, 0.25) is 0 Å². The lowest BCUT2D eigenvalue weighted by Crippen LogP contribution is -2.47. The van der Waals surface area contributed by atoms with Gasteiger partial charge in [-0.2, -0.15) is 13.2 Å². The first-order chi connectivity index (χ1) is 8.38. The van der Waals surface area contributed by atoms with Crippen molar-refractivity contribution in [3.8, 4) is 5.75 Å². The number of rotatable bonds is 2. The highest BCUT2D eigenvalue weighted by Crippen LogP contribution is 2.34. The Kier molecular flexibility index (Phi) is 3.49. The van der Waals surface area contributed by atoms with E-state index in [9.17, 15) is 18.3 Å². The van der Waals surface area contributed by atoms with E-state index in [0.717, 1.165) is 4.90 Å². The summed E-state index contributed by atoms with van der Waals surface area (Å²) in [5.41, 5.74) is 0.530. The third-order valence-electron chi connectivity index (χ3n) is 3.01. The standard InChI is InChI=1S/C12H14F3NO2/c1-16(7-12(13,14)15)9-6-18-10-5-3-2-4-8(10)11(9)17/h2-5,9,11,17H,6-7H2,1H3. The van der Waals surface area contributed by atoms with Crippen molar-refractivity contribution >= 4 is 0 Å². The van der Waals surface area contributed by atoms with E-state index in [1.54, 1.807) is 24.3 Å². The second-order valence-electron chi connectivity index (χ2n) is 4.39. The van der Waals surface area contributed by atoms with Crippen molar-refractivity contribution in [1.82, 2.24) is 4.90 Å². The predicted molar refractivity (Wildman–Crippen MR) is 59.4 cm³/mol. The zero-order valence-electron chi connectivity index (χ0n) is 9.81. The van der Waals surface area contributed by atoms with Crippen molar-refractivity contribution < 1.29 is 23.0 Å². The molecule has 1 aromatic rings. The van der Waals surface area contributed by atoms with Crippen LogP contribution < -0.4 is 4.74 Å². The van der Waals surface area contributed by atoms with Gasteiger partial charge in [-0.15, -0.1) is 0 Å². The van der Waals surface area contributed by atoms with Crippen LogP contribution in [0.1, 0.15) is 11.7 Å². The Hall–Kier alpha value is -1.27. The Morgan fingerprint density at radius 3 is 2.72 bits per heavy atom. The van der Waals surface area contributed by atoms with Gasteiger partial charge in [-0.25, -0.2) is 0 Å². The maximum Gasteiger partial charge on any atom is 0.401 e. The third kappa shape index (κ3) is 2.76. The summed E-state index contributed by atoms with van der Waals surface area (Å²) in [5, 5.41) is 10.1. The predicted octanol–water partition coefficient (Wildman–Crippen LogP) is 1.98. The fourth-order valence-corrected chi connectivity index (χ4v) is 2.10. The molecule has 0 saturated heterocycles. The zero-order chi connectivity index (χ0) is 13.3. The molecule has 0 aliphatic carbocycles. The molecule has 6 heteroatoms. The van der Waals surface area contributed by atoms with E-state index < -0.39 is 24.9 Å². The average molecular weight is 261 g/mol. The first-order valence-electron chi connectivity index (χ1n) is 5.55. The van der Waals surface area contributed by atoms with E-state index in [1.807, 2.05) is 0 Å². The van der Waals surface area contributed by atoms with Crippen LogP contribution in [0, 0.1) is 0 Å². The quantitative estimate of drug-likeness (QED) is 0.883. The van der Waals surface area contributed by atoms with E-state index in [4.69, 9.17) is 4.74 Å². The summed E-state index contributed by atoms with van der Waals surface area (Å²) in [5.74, 6) is 0.529. The second-order valence-corrected chi connectivity index (χ2v) is 4.39. The number of likely N-dealkylation sites (N-methyl/N-ethyl adjacent to an activating group) is 1. The molecule has 3 nitrogen and oxygen atoms in total. The van der Waals surface area contributed by atoms with Crippen LogP contribution in [0.3, 0.4) is 0 Å². The molecular formula is C12H14F3NO2. The first-order valence-corrected chi connectivity index (χ1v) is 5.55. The fraction of sp³-hybridized carbons (Fsp3) is 0.500. The summed E-state index contributed by atoms with van der Waals surface area (Å²) in [6.45, 7) is -1.02. The molecule has 2 atom stereocenters. The van der Waals surface area contributed by atoms with Gasteiger partial charge in [0.25, 0.3) is 0 Å². The number of fused-ring (bicyclic) bond motifs is 1. The molecule has 1 heterocycles. The summed E-state index contributed by atoms with van der Waals surface area (Å²) in [4.78, 5) is 1.07. The molecule has 1 aromatic carbocycles. The molecule has 0 amide bonds. The fourth-order valence-electron chi connectivity index (χ4n) is 2.10. The number of aliphatic hydroxyl groups is 1. The molecule has 0 saturated carbocycles. The van der Waals surface area contributed by atoms with Crippen LogP contribution in [-0.2, 0) is 0 Å². The monoisotopic (exact) mass is 261 g/mol. The van der Waals surface area contributed by atoms with Crippen LogP contribution in [-0.4, -0.2) is 42.4 Å². The Labute approximate surface area is 103 Å². The van der Waals surface area contributed by atoms with E-state index in [2.05, 4.69) is 0 Å². The second kappa shape index (κ2) is 4.78. The first kappa shape index (κ1) is 13.2. The van der Waals surface area contributed by atoms with Crippen LogP contribution in [0.25, 0.3) is 0 Å². The number of para-hydroxylation sites is 1. The summed E-state index contributed by atoms with van der Waals surface area (Å²) >= 11 is 0. The Morgan fingerprint density at radius 2 is 2.06 bits per heavy atom. The molecule has 1 N–H and O–H groups in total. The molecule has 18 heavy (non-hydrogen) atoms. The van der Waals surface area contributed by atoms with Crippen molar-refractivity contribution in [2.75, 3.05) is 20.2 Å². The number of alkyl halides is 3. The average Bonchev–Trinajstić information content (AvgIpc) is 2.27. The topological polar surface area (TPSA) is 32.7 Å². The van der Waals surface area contributed by atoms with E-state index >= 15 is 0 Å². The number of nitrogens with zero attached hydrogens (tertiary/aromatic N) is 1. The van der Waals surface area contributed by atoms with Crippen molar-refractivity contribution in [3.63, 3.8) is 0 Å². The Morgan fingerprint density at radius 1 is 1.39 bits per heavy atom. The number of ether oxygens (including phenoxy) is 1. The van der Waals surface area contributed by atoms with Gasteiger partial charge >= 0.3 is 6.18 Å². The molecule has 0 fully saturated rings. The number of hydrogen-bond donors (Lipinski definition) is 1. The van der Waals surface area contributed by atoms with E-state index in [1.165, 1.54) is 7.05 Å². The van der Waals surface area contributed by atoms with Crippen molar-refractivity contribution in [2.45, 2.75) is 18.3 Å². The highest BCUT2D eigenvalue weighted by atomic mass is 19.4. The summed E-state index contributed by atoms with van der Waals surface area (Å²) in [7, 11) is 1.33. The van der Waals surface area contributed by atoms with Crippen LogP contribution in [0.5, 0.6) is 5.75 Å². The normalized spacial score (nSPS) is 23.7. The summed E-state index contributed by atoms with van der Waals surface area (Å²) < 4.78 is 42.3. The minimum atomic E-state index is -4.29.